The minimum Gasteiger partial charge on any atom is -0.329 e. The van der Waals surface area contributed by atoms with Gasteiger partial charge in [0.1, 0.15) is 0 Å². The predicted molar refractivity (Wildman–Crippen MR) is 75.9 cm³/mol. The molecule has 0 atom stereocenters. The quantitative estimate of drug-likeness (QED) is 0.716. The third-order valence-corrected chi connectivity index (χ3v) is 3.39. The number of hydrogen-bond acceptors (Lipinski definition) is 2. The van der Waals surface area contributed by atoms with Crippen molar-refractivity contribution in [2.45, 2.75) is 26.2 Å². The first-order valence-electron chi connectivity index (χ1n) is 6.66. The van der Waals surface area contributed by atoms with Gasteiger partial charge in [0.2, 0.25) is 0 Å². The van der Waals surface area contributed by atoms with Crippen LogP contribution >= 0.6 is 0 Å². The smallest absolute Gasteiger partial charge is 0.0105 e. The van der Waals surface area contributed by atoms with E-state index in [2.05, 4.69) is 36.6 Å². The Balaban J connectivity index is 2.38. The van der Waals surface area contributed by atoms with Crippen LogP contribution in [-0.2, 0) is 0 Å². The van der Waals surface area contributed by atoms with Crippen LogP contribution in [0.15, 0.2) is 36.5 Å². The van der Waals surface area contributed by atoms with Gasteiger partial charge in [0.05, 0.1) is 0 Å². The first-order valence-corrected chi connectivity index (χ1v) is 6.66. The number of rotatable bonds is 6. The van der Waals surface area contributed by atoms with Gasteiger partial charge in [-0.25, -0.2) is 0 Å². The Kier molecular flexibility index (Phi) is 6.90. The molecule has 0 radical (unpaired) electrons. The van der Waals surface area contributed by atoms with Gasteiger partial charge in [-0.1, -0.05) is 30.9 Å². The molecule has 0 bridgehead atoms. The van der Waals surface area contributed by atoms with Gasteiger partial charge >= 0.3 is 0 Å². The van der Waals surface area contributed by atoms with Crippen molar-refractivity contribution in [3.05, 3.63) is 36.5 Å². The second-order valence-electron chi connectivity index (χ2n) is 4.76. The molecule has 0 saturated carbocycles. The third-order valence-electron chi connectivity index (χ3n) is 3.39. The highest BCUT2D eigenvalue weighted by Gasteiger charge is 2.18. The zero-order valence-corrected chi connectivity index (χ0v) is 11.1. The van der Waals surface area contributed by atoms with Gasteiger partial charge in [-0.2, -0.15) is 0 Å². The van der Waals surface area contributed by atoms with Gasteiger partial charge in [-0.05, 0) is 50.8 Å². The monoisotopic (exact) mass is 234 g/mol. The Labute approximate surface area is 106 Å². The molecule has 0 spiro atoms. The molecule has 1 heterocycles. The van der Waals surface area contributed by atoms with Crippen LogP contribution in [0.5, 0.6) is 0 Å². The molecule has 96 valence electrons. The minimum absolute atomic E-state index is 0.783. The summed E-state index contributed by atoms with van der Waals surface area (Å²) in [5.41, 5.74) is 6.99. The number of hydrogen-bond donors (Lipinski definition) is 1. The Morgan fingerprint density at radius 1 is 1.41 bits per heavy atom. The second-order valence-corrected chi connectivity index (χ2v) is 4.76. The van der Waals surface area contributed by atoms with Crippen molar-refractivity contribution in [2.75, 3.05) is 26.2 Å². The van der Waals surface area contributed by atoms with E-state index in [4.69, 9.17) is 5.73 Å². The molecule has 0 aliphatic carbocycles. The van der Waals surface area contributed by atoms with Crippen molar-refractivity contribution in [3.63, 3.8) is 0 Å². The fourth-order valence-electron chi connectivity index (χ4n) is 2.49. The van der Waals surface area contributed by atoms with Crippen LogP contribution in [0.25, 0.3) is 0 Å². The lowest BCUT2D eigenvalue weighted by Gasteiger charge is -2.31. The van der Waals surface area contributed by atoms with Crippen LogP contribution in [0.4, 0.5) is 0 Å². The average Bonchev–Trinajstić information content (AvgIpc) is 2.33. The zero-order chi connectivity index (χ0) is 12.5. The molecule has 0 aromatic rings. The molecule has 0 aromatic carbocycles. The van der Waals surface area contributed by atoms with E-state index in [1.807, 2.05) is 6.08 Å². The summed E-state index contributed by atoms with van der Waals surface area (Å²) in [7, 11) is 0. The topological polar surface area (TPSA) is 29.3 Å². The fourth-order valence-corrected chi connectivity index (χ4v) is 2.49. The number of allylic oxidation sites excluding steroid dienone is 5. The summed E-state index contributed by atoms with van der Waals surface area (Å²) in [5, 5.41) is 0. The highest BCUT2D eigenvalue weighted by atomic mass is 15.1. The van der Waals surface area contributed by atoms with E-state index in [-0.39, 0.29) is 0 Å². The van der Waals surface area contributed by atoms with Crippen LogP contribution in [0, 0.1) is 5.92 Å². The summed E-state index contributed by atoms with van der Waals surface area (Å²) in [5.74, 6) is 0.825. The van der Waals surface area contributed by atoms with E-state index in [1.165, 1.54) is 37.9 Å². The lowest BCUT2D eigenvalue weighted by Crippen LogP contribution is -2.37. The van der Waals surface area contributed by atoms with Crippen molar-refractivity contribution >= 4 is 0 Å². The van der Waals surface area contributed by atoms with Gasteiger partial charge in [-0.3, -0.25) is 0 Å². The van der Waals surface area contributed by atoms with E-state index < -0.39 is 0 Å². The van der Waals surface area contributed by atoms with Crippen LogP contribution in [-0.4, -0.2) is 31.1 Å². The standard InChI is InChI=1S/C15H26N2/c1-3-5-14(6-4-2)13-15-7-10-17(11-8-15)12-9-16/h3-6,15H,1,7-13,16H2,2H3/b6-4-,14-5+. The summed E-state index contributed by atoms with van der Waals surface area (Å²) >= 11 is 0. The van der Waals surface area contributed by atoms with Gasteiger partial charge < -0.3 is 10.6 Å². The average molecular weight is 234 g/mol. The molecular formula is C15H26N2. The lowest BCUT2D eigenvalue weighted by molar-refractivity contribution is 0.189. The van der Waals surface area contributed by atoms with E-state index >= 15 is 0 Å². The maximum Gasteiger partial charge on any atom is 0.0105 e. The molecule has 0 amide bonds. The Morgan fingerprint density at radius 3 is 2.65 bits per heavy atom. The molecular weight excluding hydrogens is 208 g/mol. The van der Waals surface area contributed by atoms with E-state index in [1.54, 1.807) is 0 Å². The minimum atomic E-state index is 0.783. The third kappa shape index (κ3) is 5.33. The maximum absolute atomic E-state index is 5.58. The summed E-state index contributed by atoms with van der Waals surface area (Å²) in [4.78, 5) is 2.48. The number of likely N-dealkylation sites (tertiary alicyclic amines) is 1. The molecule has 1 rings (SSSR count). The Morgan fingerprint density at radius 2 is 2.12 bits per heavy atom. The number of nitrogens with zero attached hydrogens (tertiary/aromatic N) is 1. The van der Waals surface area contributed by atoms with Crippen molar-refractivity contribution in [2.24, 2.45) is 11.7 Å². The maximum atomic E-state index is 5.58. The summed E-state index contributed by atoms with van der Waals surface area (Å²) in [6.07, 6.45) is 12.1. The molecule has 2 nitrogen and oxygen atoms in total. The molecule has 1 aliphatic heterocycles. The van der Waals surface area contributed by atoms with Gasteiger partial charge in [0.15, 0.2) is 0 Å². The molecule has 17 heavy (non-hydrogen) atoms. The van der Waals surface area contributed by atoms with E-state index in [0.29, 0.717) is 0 Å². The SMILES string of the molecule is C=C/C=C(\C=C/C)CC1CCN(CCN)CC1. The molecule has 1 aliphatic rings. The Hall–Kier alpha value is -0.860. The summed E-state index contributed by atoms with van der Waals surface area (Å²) in [6, 6.07) is 0. The van der Waals surface area contributed by atoms with Crippen LogP contribution < -0.4 is 5.73 Å². The zero-order valence-electron chi connectivity index (χ0n) is 11.1. The van der Waals surface area contributed by atoms with Crippen molar-refractivity contribution in [3.8, 4) is 0 Å². The van der Waals surface area contributed by atoms with Crippen LogP contribution in [0.1, 0.15) is 26.2 Å². The van der Waals surface area contributed by atoms with Gasteiger partial charge in [-0.15, -0.1) is 0 Å². The Bertz CT molecular complexity index is 271. The lowest BCUT2D eigenvalue weighted by atomic mass is 9.89. The normalized spacial score (nSPS) is 20.0. The largest absolute Gasteiger partial charge is 0.329 e. The molecule has 0 unspecified atom stereocenters. The number of piperidine rings is 1. The summed E-state index contributed by atoms with van der Waals surface area (Å²) < 4.78 is 0. The molecule has 2 heteroatoms. The number of nitrogens with two attached hydrogens (primary N) is 1. The van der Waals surface area contributed by atoms with Gasteiger partial charge in [0.25, 0.3) is 0 Å². The first kappa shape index (κ1) is 14.2. The van der Waals surface area contributed by atoms with Crippen molar-refractivity contribution in [1.29, 1.82) is 0 Å². The van der Waals surface area contributed by atoms with Crippen LogP contribution in [0.3, 0.4) is 0 Å². The molecule has 0 aromatic heterocycles. The van der Waals surface area contributed by atoms with Crippen molar-refractivity contribution in [1.82, 2.24) is 4.90 Å². The van der Waals surface area contributed by atoms with E-state index in [9.17, 15) is 0 Å². The van der Waals surface area contributed by atoms with Gasteiger partial charge in [0, 0.05) is 13.1 Å². The van der Waals surface area contributed by atoms with E-state index in [0.717, 1.165) is 19.0 Å². The highest BCUT2D eigenvalue weighted by molar-refractivity contribution is 5.23. The highest BCUT2D eigenvalue weighted by Crippen LogP contribution is 2.24. The predicted octanol–water partition coefficient (Wildman–Crippen LogP) is 2.74. The molecule has 2 N–H and O–H groups in total. The second kappa shape index (κ2) is 8.26. The molecule has 1 saturated heterocycles. The van der Waals surface area contributed by atoms with Crippen molar-refractivity contribution < 1.29 is 0 Å². The summed E-state index contributed by atoms with van der Waals surface area (Å²) in [6.45, 7) is 10.1. The fraction of sp³-hybridized carbons (Fsp3) is 0.600. The molecule has 1 fully saturated rings. The first-order chi connectivity index (χ1) is 8.30. The van der Waals surface area contributed by atoms with Crippen LogP contribution in [0.2, 0.25) is 0 Å².